The van der Waals surface area contributed by atoms with Crippen molar-refractivity contribution in [3.8, 4) is 0 Å². The normalized spacial score (nSPS) is 21.1. The van der Waals surface area contributed by atoms with Gasteiger partial charge in [-0.25, -0.2) is 4.98 Å². The molecule has 6 heteroatoms. The molecule has 2 atom stereocenters. The molecule has 3 rings (SSSR count). The van der Waals surface area contributed by atoms with Gasteiger partial charge >= 0.3 is 0 Å². The standard InChI is InChI=1S/C17H22N4O2/c1-12-5-3-7-18-14(12)17(22)20-11-13-6-4-10-23-15(13)16-19-8-9-21(16)2/h3,5,7-9,13,15H,4,6,10-11H2,1-2H3,(H,20,22)/t13-,15+/m0/s1. The molecule has 6 nitrogen and oxygen atoms in total. The number of hydrogen-bond donors (Lipinski definition) is 1. The second-order valence-electron chi connectivity index (χ2n) is 5.97. The number of hydrogen-bond acceptors (Lipinski definition) is 4. The molecule has 0 spiro atoms. The maximum atomic E-state index is 12.3. The van der Waals surface area contributed by atoms with Crippen molar-refractivity contribution < 1.29 is 9.53 Å². The average molecular weight is 314 g/mol. The monoisotopic (exact) mass is 314 g/mol. The predicted molar refractivity (Wildman–Crippen MR) is 85.9 cm³/mol. The third-order valence-electron chi connectivity index (χ3n) is 4.31. The average Bonchev–Trinajstić information content (AvgIpc) is 2.99. The second-order valence-corrected chi connectivity index (χ2v) is 5.97. The highest BCUT2D eigenvalue weighted by Crippen LogP contribution is 2.32. The molecule has 1 aliphatic heterocycles. The number of aryl methyl sites for hydroxylation is 2. The highest BCUT2D eigenvalue weighted by molar-refractivity contribution is 5.93. The van der Waals surface area contributed by atoms with Crippen LogP contribution in [0.15, 0.2) is 30.7 Å². The number of nitrogens with zero attached hydrogens (tertiary/aromatic N) is 3. The summed E-state index contributed by atoms with van der Waals surface area (Å²) in [5, 5.41) is 3.00. The molecule has 122 valence electrons. The number of imidazole rings is 1. The first-order valence-corrected chi connectivity index (χ1v) is 7.95. The van der Waals surface area contributed by atoms with Gasteiger partial charge in [0.25, 0.3) is 5.91 Å². The van der Waals surface area contributed by atoms with Gasteiger partial charge < -0.3 is 14.6 Å². The van der Waals surface area contributed by atoms with E-state index < -0.39 is 0 Å². The van der Waals surface area contributed by atoms with Gasteiger partial charge in [0.15, 0.2) is 0 Å². The lowest BCUT2D eigenvalue weighted by atomic mass is 9.93. The zero-order chi connectivity index (χ0) is 16.2. The van der Waals surface area contributed by atoms with Crippen molar-refractivity contribution in [2.24, 2.45) is 13.0 Å². The second kappa shape index (κ2) is 6.91. The Labute approximate surface area is 135 Å². The lowest BCUT2D eigenvalue weighted by Crippen LogP contribution is -2.36. The molecule has 0 unspecified atom stereocenters. The number of aromatic nitrogens is 3. The lowest BCUT2D eigenvalue weighted by Gasteiger charge is -2.31. The topological polar surface area (TPSA) is 69.0 Å². The van der Waals surface area contributed by atoms with Crippen LogP contribution < -0.4 is 5.32 Å². The number of rotatable bonds is 4. The maximum Gasteiger partial charge on any atom is 0.270 e. The molecule has 1 aliphatic rings. The molecule has 0 saturated carbocycles. The third-order valence-corrected chi connectivity index (χ3v) is 4.31. The van der Waals surface area contributed by atoms with Crippen LogP contribution >= 0.6 is 0 Å². The van der Waals surface area contributed by atoms with Crippen LogP contribution in [-0.4, -0.2) is 33.6 Å². The van der Waals surface area contributed by atoms with Gasteiger partial charge in [0, 0.05) is 44.7 Å². The van der Waals surface area contributed by atoms with Gasteiger partial charge in [-0.05, 0) is 31.4 Å². The Morgan fingerprint density at radius 1 is 1.43 bits per heavy atom. The minimum absolute atomic E-state index is 0.0751. The molecular weight excluding hydrogens is 292 g/mol. The van der Waals surface area contributed by atoms with E-state index in [-0.39, 0.29) is 17.9 Å². The highest BCUT2D eigenvalue weighted by atomic mass is 16.5. The first kappa shape index (κ1) is 15.7. The summed E-state index contributed by atoms with van der Waals surface area (Å²) >= 11 is 0. The Hall–Kier alpha value is -2.21. The molecule has 1 amide bonds. The quantitative estimate of drug-likeness (QED) is 0.937. The zero-order valence-electron chi connectivity index (χ0n) is 13.5. The molecule has 0 aliphatic carbocycles. The Morgan fingerprint density at radius 2 is 2.30 bits per heavy atom. The van der Waals surface area contributed by atoms with Gasteiger partial charge in [-0.15, -0.1) is 0 Å². The largest absolute Gasteiger partial charge is 0.370 e. The summed E-state index contributed by atoms with van der Waals surface area (Å²) in [5.74, 6) is 1.00. The van der Waals surface area contributed by atoms with Crippen molar-refractivity contribution in [3.05, 3.63) is 47.8 Å². The van der Waals surface area contributed by atoms with Crippen LogP contribution in [0.4, 0.5) is 0 Å². The summed E-state index contributed by atoms with van der Waals surface area (Å²) < 4.78 is 7.91. The fourth-order valence-electron chi connectivity index (χ4n) is 3.02. The van der Waals surface area contributed by atoms with E-state index in [1.807, 2.05) is 36.9 Å². The van der Waals surface area contributed by atoms with E-state index in [0.717, 1.165) is 30.8 Å². The smallest absolute Gasteiger partial charge is 0.270 e. The maximum absolute atomic E-state index is 12.3. The van der Waals surface area contributed by atoms with Gasteiger partial charge in [0.2, 0.25) is 0 Å². The molecule has 1 fully saturated rings. The molecule has 0 bridgehead atoms. The van der Waals surface area contributed by atoms with Crippen molar-refractivity contribution in [1.82, 2.24) is 19.9 Å². The van der Waals surface area contributed by atoms with Crippen molar-refractivity contribution in [3.63, 3.8) is 0 Å². The number of pyridine rings is 1. The van der Waals surface area contributed by atoms with Crippen molar-refractivity contribution >= 4 is 5.91 Å². The SMILES string of the molecule is Cc1cccnc1C(=O)NC[C@@H]1CCCO[C@H]1c1nccn1C. The fourth-order valence-corrected chi connectivity index (χ4v) is 3.02. The van der Waals surface area contributed by atoms with E-state index >= 15 is 0 Å². The number of amides is 1. The van der Waals surface area contributed by atoms with Crippen LogP contribution in [0.2, 0.25) is 0 Å². The Balaban J connectivity index is 1.67. The van der Waals surface area contributed by atoms with Crippen LogP contribution in [0.25, 0.3) is 0 Å². The number of nitrogens with one attached hydrogen (secondary N) is 1. The van der Waals surface area contributed by atoms with E-state index in [0.29, 0.717) is 12.2 Å². The lowest BCUT2D eigenvalue weighted by molar-refractivity contribution is -0.0337. The van der Waals surface area contributed by atoms with Crippen molar-refractivity contribution in [2.75, 3.05) is 13.2 Å². The molecule has 0 radical (unpaired) electrons. The van der Waals surface area contributed by atoms with E-state index in [2.05, 4.69) is 15.3 Å². The van der Waals surface area contributed by atoms with Crippen LogP contribution in [0, 0.1) is 12.8 Å². The first-order chi connectivity index (χ1) is 11.2. The van der Waals surface area contributed by atoms with Gasteiger partial charge in [0.1, 0.15) is 17.6 Å². The molecule has 2 aromatic rings. The summed E-state index contributed by atoms with van der Waals surface area (Å²) in [5.41, 5.74) is 1.36. The summed E-state index contributed by atoms with van der Waals surface area (Å²) in [4.78, 5) is 20.9. The van der Waals surface area contributed by atoms with Crippen molar-refractivity contribution in [2.45, 2.75) is 25.9 Å². The third kappa shape index (κ3) is 3.42. The van der Waals surface area contributed by atoms with Crippen molar-refractivity contribution in [1.29, 1.82) is 0 Å². The number of carbonyl (C=O) groups is 1. The number of carbonyl (C=O) groups excluding carboxylic acids is 1. The van der Waals surface area contributed by atoms with E-state index in [4.69, 9.17) is 4.74 Å². The van der Waals surface area contributed by atoms with E-state index in [1.54, 1.807) is 12.4 Å². The Kier molecular flexibility index (Phi) is 4.71. The van der Waals surface area contributed by atoms with Gasteiger partial charge in [-0.1, -0.05) is 6.07 Å². The van der Waals surface area contributed by atoms with Gasteiger partial charge in [0.05, 0.1) is 0 Å². The molecule has 3 heterocycles. The van der Waals surface area contributed by atoms with Crippen LogP contribution in [0.1, 0.15) is 40.8 Å². The minimum atomic E-state index is -0.132. The molecule has 1 N–H and O–H groups in total. The highest BCUT2D eigenvalue weighted by Gasteiger charge is 2.30. The Bertz CT molecular complexity index is 683. The van der Waals surface area contributed by atoms with Crippen LogP contribution in [0.5, 0.6) is 0 Å². The number of ether oxygens (including phenoxy) is 1. The van der Waals surface area contributed by atoms with E-state index in [1.165, 1.54) is 0 Å². The summed E-state index contributed by atoms with van der Waals surface area (Å²) in [7, 11) is 1.97. The molecule has 0 aromatic carbocycles. The Morgan fingerprint density at radius 3 is 3.04 bits per heavy atom. The molecule has 1 saturated heterocycles. The van der Waals surface area contributed by atoms with Crippen LogP contribution in [-0.2, 0) is 11.8 Å². The summed E-state index contributed by atoms with van der Waals surface area (Å²) in [6, 6.07) is 3.72. The molecule has 23 heavy (non-hydrogen) atoms. The summed E-state index contributed by atoms with van der Waals surface area (Å²) in [6.45, 7) is 3.19. The van der Waals surface area contributed by atoms with E-state index in [9.17, 15) is 4.79 Å². The fraction of sp³-hybridized carbons (Fsp3) is 0.471. The van der Waals surface area contributed by atoms with Gasteiger partial charge in [-0.3, -0.25) is 9.78 Å². The predicted octanol–water partition coefficient (Wildman–Crippen LogP) is 2.02. The summed E-state index contributed by atoms with van der Waals surface area (Å²) in [6.07, 6.45) is 7.28. The minimum Gasteiger partial charge on any atom is -0.370 e. The zero-order valence-corrected chi connectivity index (χ0v) is 13.5. The van der Waals surface area contributed by atoms with Crippen LogP contribution in [0.3, 0.4) is 0 Å². The molecule has 2 aromatic heterocycles. The molecular formula is C17H22N4O2. The van der Waals surface area contributed by atoms with Gasteiger partial charge in [-0.2, -0.15) is 0 Å². The first-order valence-electron chi connectivity index (χ1n) is 7.95.